The van der Waals surface area contributed by atoms with Crippen molar-refractivity contribution in [3.8, 4) is 15.6 Å². The number of amides is 1. The van der Waals surface area contributed by atoms with Crippen molar-refractivity contribution in [2.45, 2.75) is 12.1 Å². The maximum atomic E-state index is 12.8. The van der Waals surface area contributed by atoms with Gasteiger partial charge in [0.05, 0.1) is 20.6 Å². The molecule has 11 heteroatoms. The predicted octanol–water partition coefficient (Wildman–Crippen LogP) is 4.78. The van der Waals surface area contributed by atoms with E-state index in [2.05, 4.69) is 25.8 Å². The number of tetrazole rings is 1. The van der Waals surface area contributed by atoms with Crippen LogP contribution >= 0.6 is 46.0 Å². The molecule has 0 spiro atoms. The Bertz CT molecular complexity index is 1150. The van der Waals surface area contributed by atoms with Crippen LogP contribution in [0.25, 0.3) is 15.6 Å². The van der Waals surface area contributed by atoms with Gasteiger partial charge in [0, 0.05) is 5.69 Å². The van der Waals surface area contributed by atoms with Crippen LogP contribution in [0.1, 0.15) is 15.4 Å². The van der Waals surface area contributed by atoms with E-state index in [9.17, 15) is 4.79 Å². The summed E-state index contributed by atoms with van der Waals surface area (Å²) in [6, 6.07) is 11.1. The van der Waals surface area contributed by atoms with Crippen molar-refractivity contribution in [3.05, 3.63) is 51.3 Å². The van der Waals surface area contributed by atoms with Crippen LogP contribution < -0.4 is 5.32 Å². The summed E-state index contributed by atoms with van der Waals surface area (Å²) in [5, 5.41) is 16.0. The number of aromatic nitrogens is 5. The van der Waals surface area contributed by atoms with Gasteiger partial charge in [0.2, 0.25) is 5.16 Å². The lowest BCUT2D eigenvalue weighted by Crippen LogP contribution is -2.12. The van der Waals surface area contributed by atoms with E-state index >= 15 is 0 Å². The molecule has 7 nitrogen and oxygen atoms in total. The van der Waals surface area contributed by atoms with E-state index in [0.717, 1.165) is 15.6 Å². The highest BCUT2D eigenvalue weighted by molar-refractivity contribution is 7.98. The molecule has 0 saturated heterocycles. The molecule has 0 saturated carbocycles. The van der Waals surface area contributed by atoms with Crippen molar-refractivity contribution >= 4 is 57.6 Å². The number of thiazole rings is 1. The summed E-state index contributed by atoms with van der Waals surface area (Å²) in [5.74, 6) is -0.206. The average Bonchev–Trinajstić information content (AvgIpc) is 3.41. The molecule has 3 heterocycles. The number of carbonyl (C=O) groups excluding carboxylic acids is 1. The van der Waals surface area contributed by atoms with Gasteiger partial charge in [0.1, 0.15) is 9.88 Å². The normalized spacial score (nSPS) is 11.0. The summed E-state index contributed by atoms with van der Waals surface area (Å²) in [7, 11) is 0. The number of aryl methyl sites for hydroxylation is 1. The molecule has 0 unspecified atom stereocenters. The number of thiophene rings is 1. The average molecular weight is 449 g/mol. The Balaban J connectivity index is 1.58. The number of thioether (sulfide) groups is 1. The Hall–Kier alpha value is -2.27. The Morgan fingerprint density at radius 2 is 2.11 bits per heavy atom. The molecule has 0 fully saturated rings. The molecule has 1 aromatic carbocycles. The summed E-state index contributed by atoms with van der Waals surface area (Å²) in [4.78, 5) is 18.8. The van der Waals surface area contributed by atoms with Crippen LogP contribution in [0.3, 0.4) is 0 Å². The second-order valence-electron chi connectivity index (χ2n) is 5.62. The number of carbonyl (C=O) groups is 1. The first-order valence-corrected chi connectivity index (χ1v) is 11.3. The van der Waals surface area contributed by atoms with E-state index in [0.29, 0.717) is 25.8 Å². The molecule has 142 valence electrons. The van der Waals surface area contributed by atoms with Crippen molar-refractivity contribution < 1.29 is 4.79 Å². The Morgan fingerprint density at radius 3 is 2.86 bits per heavy atom. The molecule has 0 radical (unpaired) electrons. The number of anilines is 1. The van der Waals surface area contributed by atoms with Gasteiger partial charge >= 0.3 is 0 Å². The minimum Gasteiger partial charge on any atom is -0.321 e. The maximum absolute atomic E-state index is 12.8. The SMILES string of the molecule is CSc1nnnn1-c1cccc(NC(=O)c2sc(-c3ccc(Cl)s3)nc2C)c1. The summed E-state index contributed by atoms with van der Waals surface area (Å²) in [5.41, 5.74) is 2.10. The summed E-state index contributed by atoms with van der Waals surface area (Å²) in [6.07, 6.45) is 1.90. The van der Waals surface area contributed by atoms with Gasteiger partial charge in [-0.05, 0) is 53.9 Å². The fraction of sp³-hybridized carbons (Fsp3) is 0.118. The zero-order chi connectivity index (χ0) is 19.7. The Morgan fingerprint density at radius 1 is 1.25 bits per heavy atom. The Kier molecular flexibility index (Phi) is 5.44. The van der Waals surface area contributed by atoms with Gasteiger partial charge in [-0.3, -0.25) is 4.79 Å². The third kappa shape index (κ3) is 3.81. The van der Waals surface area contributed by atoms with Gasteiger partial charge in [-0.25, -0.2) is 4.98 Å². The quantitative estimate of drug-likeness (QED) is 0.442. The maximum Gasteiger partial charge on any atom is 0.267 e. The number of halogens is 1. The van der Waals surface area contributed by atoms with E-state index in [-0.39, 0.29) is 5.91 Å². The molecule has 1 N–H and O–H groups in total. The zero-order valence-corrected chi connectivity index (χ0v) is 17.9. The van der Waals surface area contributed by atoms with Gasteiger partial charge < -0.3 is 5.32 Å². The third-order valence-corrected chi connectivity index (χ3v) is 6.94. The highest BCUT2D eigenvalue weighted by Gasteiger charge is 2.18. The number of benzene rings is 1. The van der Waals surface area contributed by atoms with E-state index in [1.165, 1.54) is 34.4 Å². The molecular weight excluding hydrogens is 436 g/mol. The van der Waals surface area contributed by atoms with E-state index in [1.54, 1.807) is 4.68 Å². The van der Waals surface area contributed by atoms with Crippen LogP contribution in [0.2, 0.25) is 4.34 Å². The molecule has 4 aromatic rings. The first-order valence-electron chi connectivity index (χ1n) is 8.02. The first kappa shape index (κ1) is 19.1. The number of nitrogens with one attached hydrogen (secondary N) is 1. The van der Waals surface area contributed by atoms with Crippen LogP contribution in [-0.2, 0) is 0 Å². The van der Waals surface area contributed by atoms with Crippen LogP contribution in [0.4, 0.5) is 5.69 Å². The molecule has 28 heavy (non-hydrogen) atoms. The minimum atomic E-state index is -0.206. The number of rotatable bonds is 5. The monoisotopic (exact) mass is 448 g/mol. The second kappa shape index (κ2) is 8.00. The molecular formula is C17H13ClN6OS3. The van der Waals surface area contributed by atoms with Gasteiger partial charge in [-0.2, -0.15) is 4.68 Å². The summed E-state index contributed by atoms with van der Waals surface area (Å²) in [6.45, 7) is 1.83. The zero-order valence-electron chi connectivity index (χ0n) is 14.7. The summed E-state index contributed by atoms with van der Waals surface area (Å²) >= 11 is 10.2. The molecule has 0 aliphatic rings. The van der Waals surface area contributed by atoms with E-state index in [4.69, 9.17) is 11.6 Å². The van der Waals surface area contributed by atoms with Crippen LogP contribution in [0.15, 0.2) is 41.6 Å². The van der Waals surface area contributed by atoms with Crippen LogP contribution in [-0.4, -0.2) is 37.4 Å². The molecule has 0 bridgehead atoms. The standard InChI is InChI=1S/C17H13ClN6OS3/c1-9-14(28-16(19-9)12-6-7-13(18)27-12)15(25)20-10-4-3-5-11(8-10)24-17(26-2)21-22-23-24/h3-8H,1-2H3,(H,20,25). The molecule has 0 atom stereocenters. The number of hydrogen-bond donors (Lipinski definition) is 1. The first-order chi connectivity index (χ1) is 13.5. The minimum absolute atomic E-state index is 0.206. The van der Waals surface area contributed by atoms with E-state index < -0.39 is 0 Å². The lowest BCUT2D eigenvalue weighted by molar-refractivity contribution is 0.103. The van der Waals surface area contributed by atoms with Gasteiger partial charge in [-0.1, -0.05) is 29.4 Å². The molecule has 0 aliphatic heterocycles. The van der Waals surface area contributed by atoms with E-state index in [1.807, 2.05) is 49.6 Å². The lowest BCUT2D eigenvalue weighted by atomic mass is 10.2. The molecule has 0 aliphatic carbocycles. The van der Waals surface area contributed by atoms with Crippen molar-refractivity contribution in [2.75, 3.05) is 11.6 Å². The highest BCUT2D eigenvalue weighted by atomic mass is 35.5. The highest BCUT2D eigenvalue weighted by Crippen LogP contribution is 2.35. The Labute approximate surface area is 177 Å². The number of hydrogen-bond acceptors (Lipinski definition) is 8. The van der Waals surface area contributed by atoms with Crippen molar-refractivity contribution in [3.63, 3.8) is 0 Å². The van der Waals surface area contributed by atoms with Crippen molar-refractivity contribution in [2.24, 2.45) is 0 Å². The lowest BCUT2D eigenvalue weighted by Gasteiger charge is -2.07. The second-order valence-corrected chi connectivity index (χ2v) is 9.11. The fourth-order valence-corrected chi connectivity index (χ4v) is 5.01. The van der Waals surface area contributed by atoms with Crippen molar-refractivity contribution in [1.29, 1.82) is 0 Å². The van der Waals surface area contributed by atoms with Gasteiger partial charge in [0.15, 0.2) is 0 Å². The van der Waals surface area contributed by atoms with Gasteiger partial charge in [0.25, 0.3) is 5.91 Å². The topological polar surface area (TPSA) is 85.6 Å². The molecule has 1 amide bonds. The van der Waals surface area contributed by atoms with Crippen LogP contribution in [0.5, 0.6) is 0 Å². The molecule has 3 aromatic heterocycles. The largest absolute Gasteiger partial charge is 0.321 e. The fourth-order valence-electron chi connectivity index (χ4n) is 2.51. The van der Waals surface area contributed by atoms with Crippen LogP contribution in [0, 0.1) is 6.92 Å². The predicted molar refractivity (Wildman–Crippen MR) is 114 cm³/mol. The van der Waals surface area contributed by atoms with Gasteiger partial charge in [-0.15, -0.1) is 27.8 Å². The smallest absolute Gasteiger partial charge is 0.267 e. The molecule has 4 rings (SSSR count). The number of nitrogens with zero attached hydrogens (tertiary/aromatic N) is 5. The summed E-state index contributed by atoms with van der Waals surface area (Å²) < 4.78 is 2.31. The van der Waals surface area contributed by atoms with Crippen molar-refractivity contribution in [1.82, 2.24) is 25.2 Å². The third-order valence-electron chi connectivity index (χ3n) is 3.76.